The third-order valence-electron chi connectivity index (χ3n) is 6.06. The first kappa shape index (κ1) is 18.0. The lowest BCUT2D eigenvalue weighted by molar-refractivity contribution is -0.762. The Balaban J connectivity index is 2.13. The predicted octanol–water partition coefficient (Wildman–Crippen LogP) is 5.84. The smallest absolute Gasteiger partial charge is 0.213 e. The van der Waals surface area contributed by atoms with E-state index in [4.69, 9.17) is 4.74 Å². The standard InChI is InChI=1S/C23H32NO/c1-5-9-16-25-18-13-14-19-20(17-18)22-12-10-11-15-24(22)23(7-3,8-4)21(19)6-2/h10-15,17,21H,5-9,16H2,1-4H3/q+1. The molecule has 1 aromatic carbocycles. The molecule has 0 amide bonds. The molecule has 1 atom stereocenters. The van der Waals surface area contributed by atoms with Gasteiger partial charge in [0.25, 0.3) is 0 Å². The minimum atomic E-state index is 0.170. The first-order valence-electron chi connectivity index (χ1n) is 10.00. The summed E-state index contributed by atoms with van der Waals surface area (Å²) in [5, 5.41) is 0. The minimum Gasteiger partial charge on any atom is -0.494 e. The Morgan fingerprint density at radius 1 is 1.04 bits per heavy atom. The zero-order valence-electron chi connectivity index (χ0n) is 16.2. The van der Waals surface area contributed by atoms with Crippen molar-refractivity contribution < 1.29 is 9.30 Å². The summed E-state index contributed by atoms with van der Waals surface area (Å²) in [6.07, 6.45) is 8.01. The van der Waals surface area contributed by atoms with Crippen molar-refractivity contribution in [1.82, 2.24) is 0 Å². The van der Waals surface area contributed by atoms with Crippen molar-refractivity contribution in [1.29, 1.82) is 0 Å². The second kappa shape index (κ2) is 7.59. The van der Waals surface area contributed by atoms with Crippen LogP contribution in [0.25, 0.3) is 11.3 Å². The summed E-state index contributed by atoms with van der Waals surface area (Å²) in [7, 11) is 0. The molecule has 0 spiro atoms. The largest absolute Gasteiger partial charge is 0.494 e. The number of nitrogens with zero attached hydrogens (tertiary/aromatic N) is 1. The Labute approximate surface area is 152 Å². The van der Waals surface area contributed by atoms with Crippen LogP contribution >= 0.6 is 0 Å². The van der Waals surface area contributed by atoms with Crippen LogP contribution in [0.4, 0.5) is 0 Å². The van der Waals surface area contributed by atoms with Crippen LogP contribution < -0.4 is 9.30 Å². The first-order valence-corrected chi connectivity index (χ1v) is 10.00. The van der Waals surface area contributed by atoms with E-state index in [0.717, 1.165) is 44.5 Å². The van der Waals surface area contributed by atoms with E-state index in [9.17, 15) is 0 Å². The number of pyridine rings is 1. The Bertz CT molecular complexity index is 718. The predicted molar refractivity (Wildman–Crippen MR) is 104 cm³/mol. The molecule has 2 heteroatoms. The number of fused-ring (bicyclic) bond motifs is 3. The van der Waals surface area contributed by atoms with Crippen LogP contribution in [-0.4, -0.2) is 6.61 Å². The Hall–Kier alpha value is -1.83. The van der Waals surface area contributed by atoms with Gasteiger partial charge in [0, 0.05) is 30.9 Å². The van der Waals surface area contributed by atoms with Gasteiger partial charge in [0.05, 0.1) is 12.2 Å². The van der Waals surface area contributed by atoms with E-state index >= 15 is 0 Å². The molecule has 0 bridgehead atoms. The van der Waals surface area contributed by atoms with Crippen LogP contribution in [0, 0.1) is 0 Å². The average molecular weight is 339 g/mol. The molecule has 0 radical (unpaired) electrons. The van der Waals surface area contributed by atoms with Crippen molar-refractivity contribution in [3.8, 4) is 17.0 Å². The number of unbranched alkanes of at least 4 members (excludes halogenated alkanes) is 1. The number of aromatic nitrogens is 1. The lowest BCUT2D eigenvalue weighted by Gasteiger charge is -2.39. The quantitative estimate of drug-likeness (QED) is 0.456. The van der Waals surface area contributed by atoms with Gasteiger partial charge in [-0.25, -0.2) is 0 Å². The SMILES string of the molecule is CCCCOc1ccc2c(c1)-c1cccc[n+]1C(CC)(CC)C2CC. The molecule has 0 saturated heterocycles. The monoisotopic (exact) mass is 338 g/mol. The zero-order chi connectivity index (χ0) is 17.9. The van der Waals surface area contributed by atoms with Crippen molar-refractivity contribution in [2.24, 2.45) is 0 Å². The second-order valence-electron chi connectivity index (χ2n) is 7.18. The normalized spacial score (nSPS) is 17.7. The average Bonchev–Trinajstić information content (AvgIpc) is 2.67. The van der Waals surface area contributed by atoms with Crippen LogP contribution in [0.1, 0.15) is 71.3 Å². The highest BCUT2D eigenvalue weighted by molar-refractivity contribution is 5.66. The van der Waals surface area contributed by atoms with E-state index in [1.807, 2.05) is 0 Å². The molecule has 25 heavy (non-hydrogen) atoms. The van der Waals surface area contributed by atoms with Gasteiger partial charge >= 0.3 is 0 Å². The Kier molecular flexibility index (Phi) is 5.46. The third-order valence-corrected chi connectivity index (χ3v) is 6.06. The lowest BCUT2D eigenvalue weighted by Crippen LogP contribution is -2.62. The fourth-order valence-electron chi connectivity index (χ4n) is 4.68. The molecule has 134 valence electrons. The molecule has 2 heterocycles. The fraction of sp³-hybridized carbons (Fsp3) is 0.522. The van der Waals surface area contributed by atoms with Crippen molar-refractivity contribution in [3.05, 3.63) is 48.2 Å². The van der Waals surface area contributed by atoms with E-state index in [0.29, 0.717) is 5.92 Å². The number of ether oxygens (including phenoxy) is 1. The number of hydrogen-bond acceptors (Lipinski definition) is 1. The van der Waals surface area contributed by atoms with Crippen LogP contribution in [-0.2, 0) is 5.54 Å². The van der Waals surface area contributed by atoms with Gasteiger partial charge in [0.2, 0.25) is 5.69 Å². The topological polar surface area (TPSA) is 13.1 Å². The first-order chi connectivity index (χ1) is 12.2. The molecule has 0 saturated carbocycles. The van der Waals surface area contributed by atoms with Crippen molar-refractivity contribution in [2.75, 3.05) is 6.61 Å². The maximum atomic E-state index is 5.99. The molecule has 2 aromatic rings. The molecule has 3 rings (SSSR count). The van der Waals surface area contributed by atoms with Gasteiger partial charge in [0.1, 0.15) is 5.75 Å². The molecular formula is C23H32NO+. The van der Waals surface area contributed by atoms with Crippen LogP contribution in [0.2, 0.25) is 0 Å². The van der Waals surface area contributed by atoms with Crippen molar-refractivity contribution in [3.63, 3.8) is 0 Å². The second-order valence-corrected chi connectivity index (χ2v) is 7.18. The summed E-state index contributed by atoms with van der Waals surface area (Å²) in [6.45, 7) is 10.0. The van der Waals surface area contributed by atoms with Gasteiger partial charge in [-0.3, -0.25) is 0 Å². The van der Waals surface area contributed by atoms with Gasteiger partial charge in [0.15, 0.2) is 11.7 Å². The summed E-state index contributed by atoms with van der Waals surface area (Å²) < 4.78 is 8.53. The summed E-state index contributed by atoms with van der Waals surface area (Å²) in [5.74, 6) is 1.54. The van der Waals surface area contributed by atoms with Crippen LogP contribution in [0.5, 0.6) is 5.75 Å². The molecule has 1 aliphatic rings. The van der Waals surface area contributed by atoms with Gasteiger partial charge in [-0.05, 0) is 36.6 Å². The van der Waals surface area contributed by atoms with Crippen LogP contribution in [0.15, 0.2) is 42.6 Å². The van der Waals surface area contributed by atoms with E-state index in [1.54, 1.807) is 0 Å². The zero-order valence-corrected chi connectivity index (χ0v) is 16.2. The molecule has 1 aliphatic heterocycles. The Morgan fingerprint density at radius 3 is 2.52 bits per heavy atom. The Morgan fingerprint density at radius 2 is 1.84 bits per heavy atom. The minimum absolute atomic E-state index is 0.170. The molecule has 1 aromatic heterocycles. The molecule has 0 N–H and O–H groups in total. The highest BCUT2D eigenvalue weighted by Crippen LogP contribution is 2.47. The maximum absolute atomic E-state index is 5.99. The molecule has 0 fully saturated rings. The van der Waals surface area contributed by atoms with Crippen LogP contribution in [0.3, 0.4) is 0 Å². The summed E-state index contributed by atoms with van der Waals surface area (Å²) >= 11 is 0. The summed E-state index contributed by atoms with van der Waals surface area (Å²) in [4.78, 5) is 0. The lowest BCUT2D eigenvalue weighted by atomic mass is 9.69. The van der Waals surface area contributed by atoms with E-state index in [-0.39, 0.29) is 5.54 Å². The maximum Gasteiger partial charge on any atom is 0.213 e. The molecule has 0 aliphatic carbocycles. The summed E-state index contributed by atoms with van der Waals surface area (Å²) in [6, 6.07) is 13.3. The van der Waals surface area contributed by atoms with Gasteiger partial charge in [-0.15, -0.1) is 0 Å². The highest BCUT2D eigenvalue weighted by atomic mass is 16.5. The number of rotatable bonds is 7. The molecule has 2 nitrogen and oxygen atoms in total. The highest BCUT2D eigenvalue weighted by Gasteiger charge is 2.50. The van der Waals surface area contributed by atoms with Gasteiger partial charge in [-0.1, -0.05) is 40.2 Å². The van der Waals surface area contributed by atoms with Gasteiger partial charge in [-0.2, -0.15) is 4.57 Å². The fourth-order valence-corrected chi connectivity index (χ4v) is 4.68. The van der Waals surface area contributed by atoms with Crippen molar-refractivity contribution >= 4 is 0 Å². The molecule has 1 unspecified atom stereocenters. The third kappa shape index (κ3) is 2.96. The number of hydrogen-bond donors (Lipinski definition) is 0. The van der Waals surface area contributed by atoms with E-state index in [1.165, 1.54) is 16.8 Å². The van der Waals surface area contributed by atoms with E-state index < -0.39 is 0 Å². The number of benzene rings is 1. The summed E-state index contributed by atoms with van der Waals surface area (Å²) in [5.41, 5.74) is 4.33. The van der Waals surface area contributed by atoms with Gasteiger partial charge < -0.3 is 4.74 Å². The van der Waals surface area contributed by atoms with Crippen molar-refractivity contribution in [2.45, 2.75) is 71.3 Å². The van der Waals surface area contributed by atoms with E-state index in [2.05, 4.69) is 74.9 Å². The molecular weight excluding hydrogens is 306 g/mol.